The van der Waals surface area contributed by atoms with Gasteiger partial charge in [-0.3, -0.25) is 24.6 Å². The van der Waals surface area contributed by atoms with Crippen molar-refractivity contribution in [1.29, 1.82) is 5.41 Å². The van der Waals surface area contributed by atoms with Crippen LogP contribution in [0.5, 0.6) is 0 Å². The number of halogens is 2. The van der Waals surface area contributed by atoms with Gasteiger partial charge in [-0.1, -0.05) is 11.6 Å². The number of carbonyl (C=O) groups excluding carboxylic acids is 4. The third-order valence-corrected chi connectivity index (χ3v) is 5.52. The van der Waals surface area contributed by atoms with E-state index in [2.05, 4.69) is 21.3 Å². The molecule has 0 bridgehead atoms. The first kappa shape index (κ1) is 30.7. The van der Waals surface area contributed by atoms with Crippen LogP contribution in [0.3, 0.4) is 0 Å². The number of nitrogens with one attached hydrogen (secondary N) is 5. The lowest BCUT2D eigenvalue weighted by atomic mass is 10.3. The van der Waals surface area contributed by atoms with Gasteiger partial charge >= 0.3 is 0 Å². The Labute approximate surface area is 235 Å². The third kappa shape index (κ3) is 7.99. The molecule has 208 valence electrons. The minimum atomic E-state index is -0.446. The van der Waals surface area contributed by atoms with Gasteiger partial charge in [-0.15, -0.1) is 12.4 Å². The molecule has 0 spiro atoms. The highest BCUT2D eigenvalue weighted by atomic mass is 35.5. The van der Waals surface area contributed by atoms with Crippen LogP contribution in [0.4, 0.5) is 17.1 Å². The Balaban J connectivity index is 0.00000533. The molecule has 0 unspecified atom stereocenters. The number of aromatic nitrogens is 3. The Hall–Kier alpha value is -4.49. The summed E-state index contributed by atoms with van der Waals surface area (Å²) in [6.45, 7) is 0.225. The maximum atomic E-state index is 12.9. The highest BCUT2D eigenvalue weighted by Gasteiger charge is 2.18. The summed E-state index contributed by atoms with van der Waals surface area (Å²) in [6.07, 6.45) is 6.14. The molecule has 13 nitrogen and oxygen atoms in total. The van der Waals surface area contributed by atoms with Gasteiger partial charge in [0.15, 0.2) is 0 Å². The van der Waals surface area contributed by atoms with Crippen molar-refractivity contribution >= 4 is 70.5 Å². The van der Waals surface area contributed by atoms with Crippen LogP contribution in [0.2, 0.25) is 0 Å². The fourth-order valence-electron chi connectivity index (χ4n) is 3.61. The Morgan fingerprint density at radius 1 is 0.821 bits per heavy atom. The zero-order chi connectivity index (χ0) is 28.0. The number of amides is 4. The summed E-state index contributed by atoms with van der Waals surface area (Å²) in [5, 5.41) is 18.0. The van der Waals surface area contributed by atoms with Crippen molar-refractivity contribution in [1.82, 2.24) is 19.0 Å². The summed E-state index contributed by atoms with van der Waals surface area (Å²) in [5.41, 5.74) is 8.46. The smallest absolute Gasteiger partial charge is 0.272 e. The molecule has 0 aromatic carbocycles. The largest absolute Gasteiger partial charge is 0.388 e. The maximum absolute atomic E-state index is 12.9. The van der Waals surface area contributed by atoms with E-state index in [9.17, 15) is 19.2 Å². The van der Waals surface area contributed by atoms with E-state index >= 15 is 0 Å². The van der Waals surface area contributed by atoms with Gasteiger partial charge in [-0.25, -0.2) is 0 Å². The lowest BCUT2D eigenvalue weighted by Gasteiger charge is -2.04. The first-order chi connectivity index (χ1) is 18.0. The number of rotatable bonds is 10. The molecule has 3 aromatic rings. The van der Waals surface area contributed by atoms with Crippen LogP contribution in [-0.2, 0) is 25.9 Å². The van der Waals surface area contributed by atoms with Crippen LogP contribution in [-0.4, -0.2) is 49.7 Å². The molecule has 15 heteroatoms. The number of anilines is 3. The van der Waals surface area contributed by atoms with Crippen LogP contribution in [0, 0.1) is 5.41 Å². The Kier molecular flexibility index (Phi) is 10.5. The number of nitrogens with two attached hydrogens (primary N) is 1. The standard InChI is InChI=1S/C24H28ClN9O4.ClH/c1-32-12-15(9-17(32)22(36)28-7-5-20(26)27)30-24(38)19-10-16(13-34(19)3)31-23(37)18-8-14(11-33(18)2)29-21(35)4-6-25;/h4,6,8-13H,5,7H2,1-3H3,(H3,26,27)(H,28,36)(H,29,35)(H,30,38)(H,31,37);1H/b6-4+;. The van der Waals surface area contributed by atoms with E-state index in [1.165, 1.54) is 18.2 Å². The molecule has 4 amide bonds. The second kappa shape index (κ2) is 13.3. The number of carbonyl (C=O) groups is 4. The average Bonchev–Trinajstić information content (AvgIpc) is 3.49. The van der Waals surface area contributed by atoms with Crippen LogP contribution < -0.4 is 27.0 Å². The van der Waals surface area contributed by atoms with E-state index in [1.54, 1.807) is 53.4 Å². The summed E-state index contributed by atoms with van der Waals surface area (Å²) in [4.78, 5) is 49.8. The van der Waals surface area contributed by atoms with Gasteiger partial charge in [0.25, 0.3) is 17.7 Å². The topological polar surface area (TPSA) is 181 Å². The average molecular weight is 578 g/mol. The molecule has 3 rings (SSSR count). The molecule has 0 aliphatic rings. The van der Waals surface area contributed by atoms with Crippen molar-refractivity contribution in [2.24, 2.45) is 26.9 Å². The molecular weight excluding hydrogens is 549 g/mol. The lowest BCUT2D eigenvalue weighted by molar-refractivity contribution is -0.111. The molecule has 0 fully saturated rings. The van der Waals surface area contributed by atoms with Gasteiger partial charge in [0.05, 0.1) is 22.9 Å². The Bertz CT molecular complexity index is 1440. The van der Waals surface area contributed by atoms with Crippen LogP contribution >= 0.6 is 24.0 Å². The molecule has 7 N–H and O–H groups in total. The maximum Gasteiger partial charge on any atom is 0.272 e. The first-order valence-corrected chi connectivity index (χ1v) is 11.7. The monoisotopic (exact) mass is 577 g/mol. The highest BCUT2D eigenvalue weighted by molar-refractivity contribution is 6.27. The predicted molar refractivity (Wildman–Crippen MR) is 152 cm³/mol. The van der Waals surface area contributed by atoms with Gasteiger partial charge in [0.1, 0.15) is 17.1 Å². The Morgan fingerprint density at radius 3 is 1.64 bits per heavy atom. The zero-order valence-corrected chi connectivity index (χ0v) is 22.9. The van der Waals surface area contributed by atoms with E-state index in [1.807, 2.05) is 0 Å². The minimum absolute atomic E-state index is 0. The van der Waals surface area contributed by atoms with Crippen molar-refractivity contribution < 1.29 is 19.2 Å². The van der Waals surface area contributed by atoms with E-state index < -0.39 is 17.7 Å². The molecule has 39 heavy (non-hydrogen) atoms. The van der Waals surface area contributed by atoms with Gasteiger partial charge < -0.3 is 40.7 Å². The third-order valence-electron chi connectivity index (χ3n) is 5.39. The summed E-state index contributed by atoms with van der Waals surface area (Å²) in [6, 6.07) is 4.55. The predicted octanol–water partition coefficient (Wildman–Crippen LogP) is 2.38. The molecule has 0 saturated carbocycles. The van der Waals surface area contributed by atoms with Crippen molar-refractivity contribution in [3.8, 4) is 0 Å². The van der Waals surface area contributed by atoms with Crippen LogP contribution in [0.1, 0.15) is 37.9 Å². The van der Waals surface area contributed by atoms with Crippen molar-refractivity contribution in [3.63, 3.8) is 0 Å². The molecule has 0 atom stereocenters. The molecule has 0 aliphatic carbocycles. The zero-order valence-electron chi connectivity index (χ0n) is 21.4. The molecule has 3 aromatic heterocycles. The second-order valence-electron chi connectivity index (χ2n) is 8.40. The van der Waals surface area contributed by atoms with Crippen LogP contribution in [0.25, 0.3) is 0 Å². The number of hydrogen-bond donors (Lipinski definition) is 6. The van der Waals surface area contributed by atoms with Crippen molar-refractivity contribution in [3.05, 3.63) is 65.5 Å². The second-order valence-corrected chi connectivity index (χ2v) is 8.65. The molecule has 0 aliphatic heterocycles. The fraction of sp³-hybridized carbons (Fsp3) is 0.208. The number of nitrogens with zero attached hydrogens (tertiary/aromatic N) is 3. The molecule has 0 saturated heterocycles. The summed E-state index contributed by atoms with van der Waals surface area (Å²) in [7, 11) is 4.98. The molecular formula is C24H29Cl2N9O4. The summed E-state index contributed by atoms with van der Waals surface area (Å²) >= 11 is 5.40. The SMILES string of the molecule is Cl.Cn1cc(NC(=O)c2cc(NC(=O)c3cc(NC(=O)/C=C/Cl)cn3C)cn2C)cc1C(=O)NCCC(=N)N. The van der Waals surface area contributed by atoms with Gasteiger partial charge in [0, 0.05) is 64.3 Å². The highest BCUT2D eigenvalue weighted by Crippen LogP contribution is 2.19. The normalized spacial score (nSPS) is 10.6. The van der Waals surface area contributed by atoms with Crippen molar-refractivity contribution in [2.45, 2.75) is 6.42 Å². The summed E-state index contributed by atoms with van der Waals surface area (Å²) in [5.74, 6) is -1.71. The van der Waals surface area contributed by atoms with Crippen LogP contribution in [0.15, 0.2) is 48.4 Å². The van der Waals surface area contributed by atoms with E-state index in [0.29, 0.717) is 22.8 Å². The van der Waals surface area contributed by atoms with E-state index in [4.69, 9.17) is 22.7 Å². The molecule has 0 radical (unpaired) electrons. The lowest BCUT2D eigenvalue weighted by Crippen LogP contribution is -2.28. The first-order valence-electron chi connectivity index (χ1n) is 11.3. The van der Waals surface area contributed by atoms with Gasteiger partial charge in [0.2, 0.25) is 5.91 Å². The Morgan fingerprint density at radius 2 is 1.23 bits per heavy atom. The summed E-state index contributed by atoms with van der Waals surface area (Å²) < 4.78 is 4.67. The minimum Gasteiger partial charge on any atom is -0.388 e. The van der Waals surface area contributed by atoms with Gasteiger partial charge in [-0.2, -0.15) is 0 Å². The fourth-order valence-corrected chi connectivity index (χ4v) is 3.72. The van der Waals surface area contributed by atoms with Crippen molar-refractivity contribution in [2.75, 3.05) is 22.5 Å². The molecule has 3 heterocycles. The number of aryl methyl sites for hydroxylation is 3. The number of amidine groups is 1. The van der Waals surface area contributed by atoms with E-state index in [0.717, 1.165) is 11.6 Å². The van der Waals surface area contributed by atoms with E-state index in [-0.39, 0.29) is 48.5 Å². The quantitative estimate of drug-likeness (QED) is 0.123. The van der Waals surface area contributed by atoms with Gasteiger partial charge in [-0.05, 0) is 18.2 Å². The number of hydrogen-bond acceptors (Lipinski definition) is 5.